The second kappa shape index (κ2) is 10.8. The van der Waals surface area contributed by atoms with Crippen LogP contribution in [-0.2, 0) is 20.7 Å². The standard InChI is InChI=1S/C35H40N4O5/c1-8-19-15(3)22-12-24-17(5)21(10-11-28(40)41)32(38-24)30-31(35(43)44-7)34(42)29-18(6)25(39-33(29)30)14-27-20(9-2)16(4)23(37-27)13-26(19)36-22/h8,12-14,17,21,31-32,36-39,42H,1,9-11H2,2-7H3,(H,40,41)/b23-13-,24-12-,27-14-/t17-,21-,31-,32?/m0/s1. The smallest absolute Gasteiger partial charge is 0.320 e. The summed E-state index contributed by atoms with van der Waals surface area (Å²) in [5.74, 6) is -2.71. The van der Waals surface area contributed by atoms with E-state index in [-0.39, 0.29) is 24.0 Å². The molecular weight excluding hydrogens is 556 g/mol. The molecule has 5 heterocycles. The summed E-state index contributed by atoms with van der Waals surface area (Å²) >= 11 is 0. The Hall–Kier alpha value is -4.66. The first-order valence-electron chi connectivity index (χ1n) is 15.2. The number of aliphatic carboxylic acids is 1. The molecule has 9 nitrogen and oxygen atoms in total. The van der Waals surface area contributed by atoms with Crippen LogP contribution in [0.4, 0.5) is 0 Å². The lowest BCUT2D eigenvalue weighted by Crippen LogP contribution is -2.38. The number of rotatable bonds is 6. The SMILES string of the molecule is C=Cc1c2[nH]c(c1C)/C=C1\NC(C3=c4[nH]c(c(C)c4=C(O)[C@H]3C(=O)OC)/C=c3\[nH]/c(c(C)c3CC)=C\2)[C@@H](CCC(=O)O)[C@@H]1C. The minimum Gasteiger partial charge on any atom is -0.510 e. The molecule has 3 aliphatic rings. The highest BCUT2D eigenvalue weighted by Crippen LogP contribution is 2.42. The summed E-state index contributed by atoms with van der Waals surface area (Å²) in [6, 6.07) is -0.424. The molecule has 9 heteroatoms. The van der Waals surface area contributed by atoms with E-state index in [1.807, 2.05) is 13.0 Å². The van der Waals surface area contributed by atoms with Crippen LogP contribution in [0.15, 0.2) is 12.3 Å². The van der Waals surface area contributed by atoms with Gasteiger partial charge in [0, 0.05) is 56.6 Å². The van der Waals surface area contributed by atoms with Crippen LogP contribution in [0.1, 0.15) is 71.6 Å². The molecule has 6 rings (SSSR count). The van der Waals surface area contributed by atoms with Crippen molar-refractivity contribution in [3.63, 3.8) is 0 Å². The Labute approximate surface area is 255 Å². The number of hydrogen-bond acceptors (Lipinski definition) is 5. The molecule has 1 fully saturated rings. The number of methoxy groups -OCH3 is 1. The van der Waals surface area contributed by atoms with Gasteiger partial charge in [-0.1, -0.05) is 26.5 Å². The molecule has 4 atom stereocenters. The van der Waals surface area contributed by atoms with Crippen LogP contribution in [0.2, 0.25) is 0 Å². The lowest BCUT2D eigenvalue weighted by Gasteiger charge is -2.26. The number of nitrogens with one attached hydrogen (secondary N) is 4. The van der Waals surface area contributed by atoms with Gasteiger partial charge in [-0.25, -0.2) is 0 Å². The molecule has 3 aromatic rings. The van der Waals surface area contributed by atoms with Gasteiger partial charge in [-0.2, -0.15) is 0 Å². The van der Waals surface area contributed by atoms with Gasteiger partial charge >= 0.3 is 11.9 Å². The summed E-state index contributed by atoms with van der Waals surface area (Å²) in [4.78, 5) is 35.8. The quantitative estimate of drug-likeness (QED) is 0.242. The Morgan fingerprint density at radius 1 is 1.00 bits per heavy atom. The van der Waals surface area contributed by atoms with Gasteiger partial charge in [-0.15, -0.1) is 0 Å². The third kappa shape index (κ3) is 4.36. The number of aromatic nitrogens is 3. The lowest BCUT2D eigenvalue weighted by atomic mass is 9.80. The van der Waals surface area contributed by atoms with Gasteiger partial charge in [-0.3, -0.25) is 9.59 Å². The van der Waals surface area contributed by atoms with Crippen molar-refractivity contribution in [3.05, 3.63) is 78.4 Å². The Morgan fingerprint density at radius 2 is 1.70 bits per heavy atom. The van der Waals surface area contributed by atoms with Crippen LogP contribution in [0, 0.1) is 38.5 Å². The van der Waals surface area contributed by atoms with Crippen LogP contribution >= 0.6 is 0 Å². The second-order valence-corrected chi connectivity index (χ2v) is 12.2. The molecule has 3 aromatic heterocycles. The highest BCUT2D eigenvalue weighted by atomic mass is 16.5. The van der Waals surface area contributed by atoms with Gasteiger partial charge in [0.1, 0.15) is 11.7 Å². The zero-order chi connectivity index (χ0) is 31.6. The van der Waals surface area contributed by atoms with E-state index in [0.717, 1.165) is 62.2 Å². The highest BCUT2D eigenvalue weighted by Gasteiger charge is 2.46. The summed E-state index contributed by atoms with van der Waals surface area (Å²) in [5.41, 5.74) is 9.52. The lowest BCUT2D eigenvalue weighted by molar-refractivity contribution is -0.142. The first-order valence-corrected chi connectivity index (χ1v) is 15.2. The summed E-state index contributed by atoms with van der Waals surface area (Å²) in [5, 5.41) is 28.2. The minimum atomic E-state index is -1.00. The predicted molar refractivity (Wildman–Crippen MR) is 171 cm³/mol. The Bertz CT molecular complexity index is 2020. The van der Waals surface area contributed by atoms with Gasteiger partial charge in [0.05, 0.1) is 18.5 Å². The molecule has 1 unspecified atom stereocenters. The number of esters is 1. The van der Waals surface area contributed by atoms with Crippen molar-refractivity contribution in [3.8, 4) is 0 Å². The van der Waals surface area contributed by atoms with E-state index < -0.39 is 23.9 Å². The van der Waals surface area contributed by atoms with Crippen LogP contribution in [0.25, 0.3) is 35.6 Å². The molecule has 1 aliphatic carbocycles. The number of carboxylic acids is 1. The molecule has 44 heavy (non-hydrogen) atoms. The van der Waals surface area contributed by atoms with E-state index in [1.165, 1.54) is 12.7 Å². The number of hydrogen-bond donors (Lipinski definition) is 6. The molecule has 230 valence electrons. The first kappa shape index (κ1) is 29.4. The van der Waals surface area contributed by atoms with Gasteiger partial charge in [0.25, 0.3) is 0 Å². The molecule has 0 saturated carbocycles. The molecule has 0 amide bonds. The molecule has 0 spiro atoms. The molecular formula is C35H40N4O5. The van der Waals surface area contributed by atoms with Gasteiger partial charge < -0.3 is 35.2 Å². The number of allylic oxidation sites excluding steroid dienone is 1. The fourth-order valence-corrected chi connectivity index (χ4v) is 7.57. The summed E-state index contributed by atoms with van der Waals surface area (Å²) in [7, 11) is 1.32. The summed E-state index contributed by atoms with van der Waals surface area (Å²) in [6.07, 6.45) is 9.34. The summed E-state index contributed by atoms with van der Waals surface area (Å²) < 4.78 is 5.21. The fraction of sp³-hybridized carbons (Fsp3) is 0.371. The average molecular weight is 597 g/mol. The highest BCUT2D eigenvalue weighted by molar-refractivity contribution is 5.95. The minimum absolute atomic E-state index is 0.0166. The molecule has 8 bridgehead atoms. The van der Waals surface area contributed by atoms with Gasteiger partial charge in [-0.05, 0) is 85.6 Å². The molecule has 1 saturated heterocycles. The second-order valence-electron chi connectivity index (χ2n) is 12.2. The molecule has 2 aliphatic heterocycles. The van der Waals surface area contributed by atoms with Crippen LogP contribution in [0.3, 0.4) is 0 Å². The maximum atomic E-state index is 13.3. The normalized spacial score (nSPS) is 24.5. The third-order valence-corrected chi connectivity index (χ3v) is 10.0. The molecule has 6 N–H and O–H groups in total. The van der Waals surface area contributed by atoms with Gasteiger partial charge in [0.2, 0.25) is 0 Å². The number of H-pyrrole nitrogens is 3. The largest absolute Gasteiger partial charge is 0.510 e. The van der Waals surface area contributed by atoms with E-state index in [1.54, 1.807) is 0 Å². The number of fused-ring (bicyclic) bond motifs is 8. The Balaban J connectivity index is 1.73. The van der Waals surface area contributed by atoms with Crippen LogP contribution < -0.4 is 26.6 Å². The summed E-state index contributed by atoms with van der Waals surface area (Å²) in [6.45, 7) is 14.4. The van der Waals surface area contributed by atoms with Crippen molar-refractivity contribution < 1.29 is 24.5 Å². The van der Waals surface area contributed by atoms with Crippen LogP contribution in [0.5, 0.6) is 0 Å². The molecule has 0 aromatic carbocycles. The zero-order valence-electron chi connectivity index (χ0n) is 26.1. The Morgan fingerprint density at radius 3 is 2.36 bits per heavy atom. The first-order chi connectivity index (χ1) is 21.0. The fourth-order valence-electron chi connectivity index (χ4n) is 7.57. The van der Waals surface area contributed by atoms with Gasteiger partial charge in [0.15, 0.2) is 0 Å². The van der Waals surface area contributed by atoms with Crippen molar-refractivity contribution in [2.24, 2.45) is 17.8 Å². The number of carboxylic acid groups (broad SMARTS) is 1. The average Bonchev–Trinajstić information content (AvgIpc) is 3.72. The van der Waals surface area contributed by atoms with E-state index >= 15 is 0 Å². The number of carbonyl (C=O) groups is 2. The van der Waals surface area contributed by atoms with Crippen molar-refractivity contribution in [1.29, 1.82) is 0 Å². The predicted octanol–water partition coefficient (Wildman–Crippen LogP) is 2.52. The number of aromatic amines is 3. The van der Waals surface area contributed by atoms with E-state index in [0.29, 0.717) is 22.6 Å². The van der Waals surface area contributed by atoms with E-state index in [9.17, 15) is 19.8 Å². The van der Waals surface area contributed by atoms with Crippen molar-refractivity contribution in [2.45, 2.75) is 59.9 Å². The monoisotopic (exact) mass is 596 g/mol. The molecule has 0 radical (unpaired) electrons. The Kier molecular flexibility index (Phi) is 7.22. The van der Waals surface area contributed by atoms with Crippen molar-refractivity contribution >= 4 is 47.6 Å². The number of aliphatic hydroxyl groups excluding tert-OH is 1. The maximum Gasteiger partial charge on any atom is 0.320 e. The van der Waals surface area contributed by atoms with E-state index in [4.69, 9.17) is 4.74 Å². The number of aliphatic hydroxyl groups is 1. The maximum absolute atomic E-state index is 13.3. The third-order valence-electron chi connectivity index (χ3n) is 10.0. The zero-order valence-corrected chi connectivity index (χ0v) is 26.1. The topological polar surface area (TPSA) is 143 Å². The van der Waals surface area contributed by atoms with Crippen molar-refractivity contribution in [2.75, 3.05) is 7.11 Å². The van der Waals surface area contributed by atoms with Crippen LogP contribution in [-0.4, -0.2) is 50.3 Å². The van der Waals surface area contributed by atoms with E-state index in [2.05, 4.69) is 72.8 Å². The number of ether oxygens (including phenoxy) is 1. The van der Waals surface area contributed by atoms with Crippen molar-refractivity contribution in [1.82, 2.24) is 20.3 Å². The number of carbonyl (C=O) groups excluding carboxylic acids is 1.